The Labute approximate surface area is 102 Å². The highest BCUT2D eigenvalue weighted by Gasteiger charge is 2.10. The Morgan fingerprint density at radius 2 is 2.12 bits per heavy atom. The molecule has 0 aromatic heterocycles. The summed E-state index contributed by atoms with van der Waals surface area (Å²) in [6, 6.07) is 4.56. The molecule has 3 nitrogen and oxygen atoms in total. The Bertz CT molecular complexity index is 355. The lowest BCUT2D eigenvalue weighted by molar-refractivity contribution is 0.176. The largest absolute Gasteiger partial charge is 0.491 e. The Kier molecular flexibility index (Phi) is 5.38. The van der Waals surface area contributed by atoms with Gasteiger partial charge < -0.3 is 15.2 Å². The highest BCUT2D eigenvalue weighted by Crippen LogP contribution is 2.18. The normalized spacial score (nSPS) is 12.8. The summed E-state index contributed by atoms with van der Waals surface area (Å²) in [5.74, 6) is 0.206. The molecule has 0 amide bonds. The van der Waals surface area contributed by atoms with E-state index in [4.69, 9.17) is 9.84 Å². The minimum Gasteiger partial charge on any atom is -0.491 e. The molecule has 0 aliphatic rings. The van der Waals surface area contributed by atoms with Gasteiger partial charge in [-0.15, -0.1) is 0 Å². The van der Waals surface area contributed by atoms with Gasteiger partial charge in [0.25, 0.3) is 0 Å². The minimum atomic E-state index is -0.317. The highest BCUT2D eigenvalue weighted by molar-refractivity contribution is 5.32. The summed E-state index contributed by atoms with van der Waals surface area (Å²) >= 11 is 0. The topological polar surface area (TPSA) is 41.5 Å². The number of hydrogen-bond donors (Lipinski definition) is 2. The highest BCUT2D eigenvalue weighted by atomic mass is 19.1. The van der Waals surface area contributed by atoms with Gasteiger partial charge in [0.15, 0.2) is 0 Å². The van der Waals surface area contributed by atoms with Gasteiger partial charge >= 0.3 is 0 Å². The van der Waals surface area contributed by atoms with Crippen LogP contribution < -0.4 is 10.1 Å². The second kappa shape index (κ2) is 6.57. The van der Waals surface area contributed by atoms with E-state index in [9.17, 15) is 4.39 Å². The first-order valence-corrected chi connectivity index (χ1v) is 5.78. The van der Waals surface area contributed by atoms with E-state index in [-0.39, 0.29) is 24.5 Å². The molecule has 0 radical (unpaired) electrons. The standard InChI is InChI=1S/C13H20FNO2/c1-9(2)15-12(7-16)8-17-13-6-11(14)5-4-10(13)3/h4-6,9,12,15-16H,7-8H2,1-3H3. The molecule has 0 spiro atoms. The fraction of sp³-hybridized carbons (Fsp3) is 0.538. The molecule has 96 valence electrons. The Morgan fingerprint density at radius 1 is 1.41 bits per heavy atom. The van der Waals surface area contributed by atoms with Crippen LogP contribution in [0.4, 0.5) is 4.39 Å². The molecule has 0 saturated heterocycles. The fourth-order valence-electron chi connectivity index (χ4n) is 1.54. The van der Waals surface area contributed by atoms with E-state index in [1.165, 1.54) is 12.1 Å². The molecule has 0 fully saturated rings. The summed E-state index contributed by atoms with van der Waals surface area (Å²) in [4.78, 5) is 0. The maximum absolute atomic E-state index is 13.0. The van der Waals surface area contributed by atoms with Crippen LogP contribution in [0.25, 0.3) is 0 Å². The molecule has 17 heavy (non-hydrogen) atoms. The molecule has 0 aliphatic carbocycles. The zero-order chi connectivity index (χ0) is 12.8. The van der Waals surface area contributed by atoms with E-state index >= 15 is 0 Å². The van der Waals surface area contributed by atoms with Gasteiger partial charge in [-0.25, -0.2) is 4.39 Å². The lowest BCUT2D eigenvalue weighted by Gasteiger charge is -2.20. The summed E-state index contributed by atoms with van der Waals surface area (Å²) in [7, 11) is 0. The average Bonchev–Trinajstić information content (AvgIpc) is 2.28. The number of aryl methyl sites for hydroxylation is 1. The van der Waals surface area contributed by atoms with Gasteiger partial charge in [0.2, 0.25) is 0 Å². The fourth-order valence-corrected chi connectivity index (χ4v) is 1.54. The lowest BCUT2D eigenvalue weighted by atomic mass is 10.2. The predicted molar refractivity (Wildman–Crippen MR) is 65.8 cm³/mol. The third-order valence-corrected chi connectivity index (χ3v) is 2.38. The van der Waals surface area contributed by atoms with Crippen molar-refractivity contribution >= 4 is 0 Å². The van der Waals surface area contributed by atoms with Gasteiger partial charge in [0, 0.05) is 12.1 Å². The predicted octanol–water partition coefficient (Wildman–Crippen LogP) is 1.87. The van der Waals surface area contributed by atoms with Crippen LogP contribution in [0.5, 0.6) is 5.75 Å². The summed E-state index contributed by atoms with van der Waals surface area (Å²) in [5, 5.41) is 12.3. The Hall–Kier alpha value is -1.13. The van der Waals surface area contributed by atoms with E-state index < -0.39 is 0 Å². The third kappa shape index (κ3) is 4.71. The van der Waals surface area contributed by atoms with E-state index in [1.54, 1.807) is 6.07 Å². The van der Waals surface area contributed by atoms with E-state index in [0.29, 0.717) is 12.4 Å². The molecule has 1 rings (SSSR count). The Morgan fingerprint density at radius 3 is 2.71 bits per heavy atom. The van der Waals surface area contributed by atoms with Crippen molar-refractivity contribution in [2.75, 3.05) is 13.2 Å². The van der Waals surface area contributed by atoms with Gasteiger partial charge in [-0.3, -0.25) is 0 Å². The molecular weight excluding hydrogens is 221 g/mol. The average molecular weight is 241 g/mol. The van der Waals surface area contributed by atoms with Crippen molar-refractivity contribution in [2.24, 2.45) is 0 Å². The van der Waals surface area contributed by atoms with Crippen LogP contribution in [0, 0.1) is 12.7 Å². The maximum Gasteiger partial charge on any atom is 0.126 e. The van der Waals surface area contributed by atoms with E-state index in [1.807, 2.05) is 20.8 Å². The minimum absolute atomic E-state index is 0.00740. The summed E-state index contributed by atoms with van der Waals surface area (Å²) in [6.45, 7) is 6.16. The van der Waals surface area contributed by atoms with Crippen molar-refractivity contribution in [3.05, 3.63) is 29.6 Å². The molecule has 4 heteroatoms. The number of halogens is 1. The van der Waals surface area contributed by atoms with Crippen molar-refractivity contribution < 1.29 is 14.2 Å². The van der Waals surface area contributed by atoms with Gasteiger partial charge in [-0.1, -0.05) is 19.9 Å². The molecule has 1 atom stereocenters. The first-order chi connectivity index (χ1) is 8.02. The smallest absolute Gasteiger partial charge is 0.126 e. The van der Waals surface area contributed by atoms with Gasteiger partial charge in [0.1, 0.15) is 18.2 Å². The van der Waals surface area contributed by atoms with Crippen LogP contribution in [0.1, 0.15) is 19.4 Å². The molecule has 0 saturated carbocycles. The number of aliphatic hydroxyl groups excluding tert-OH is 1. The molecular formula is C13H20FNO2. The number of hydrogen-bond acceptors (Lipinski definition) is 3. The number of aliphatic hydroxyl groups is 1. The quantitative estimate of drug-likeness (QED) is 0.799. The number of rotatable bonds is 6. The first kappa shape index (κ1) is 13.9. The SMILES string of the molecule is Cc1ccc(F)cc1OCC(CO)NC(C)C. The van der Waals surface area contributed by atoms with Crippen molar-refractivity contribution in [3.63, 3.8) is 0 Å². The monoisotopic (exact) mass is 241 g/mol. The molecule has 1 aromatic carbocycles. The number of benzene rings is 1. The first-order valence-electron chi connectivity index (χ1n) is 5.78. The maximum atomic E-state index is 13.0. The van der Waals surface area contributed by atoms with E-state index in [2.05, 4.69) is 5.32 Å². The number of nitrogens with one attached hydrogen (secondary N) is 1. The summed E-state index contributed by atoms with van der Waals surface area (Å²) in [5.41, 5.74) is 0.882. The number of ether oxygens (including phenoxy) is 1. The second-order valence-corrected chi connectivity index (χ2v) is 4.42. The molecule has 0 bridgehead atoms. The van der Waals surface area contributed by atoms with Crippen LogP contribution in [0.2, 0.25) is 0 Å². The van der Waals surface area contributed by atoms with Crippen molar-refractivity contribution in [2.45, 2.75) is 32.9 Å². The van der Waals surface area contributed by atoms with E-state index in [0.717, 1.165) is 5.56 Å². The molecule has 2 N–H and O–H groups in total. The van der Waals surface area contributed by atoms with Gasteiger partial charge in [-0.05, 0) is 18.6 Å². The van der Waals surface area contributed by atoms with Crippen LogP contribution in [0.3, 0.4) is 0 Å². The zero-order valence-corrected chi connectivity index (χ0v) is 10.5. The van der Waals surface area contributed by atoms with Crippen LogP contribution in [-0.2, 0) is 0 Å². The molecule has 1 unspecified atom stereocenters. The van der Waals surface area contributed by atoms with Gasteiger partial charge in [-0.2, -0.15) is 0 Å². The summed E-state index contributed by atoms with van der Waals surface area (Å²) < 4.78 is 18.5. The van der Waals surface area contributed by atoms with Gasteiger partial charge in [0.05, 0.1) is 12.6 Å². The van der Waals surface area contributed by atoms with Crippen LogP contribution in [0.15, 0.2) is 18.2 Å². The summed E-state index contributed by atoms with van der Waals surface area (Å²) in [6.07, 6.45) is 0. The third-order valence-electron chi connectivity index (χ3n) is 2.38. The lowest BCUT2D eigenvalue weighted by Crippen LogP contribution is -2.41. The zero-order valence-electron chi connectivity index (χ0n) is 10.5. The van der Waals surface area contributed by atoms with Crippen molar-refractivity contribution in [3.8, 4) is 5.75 Å². The molecule has 0 aliphatic heterocycles. The van der Waals surface area contributed by atoms with Crippen molar-refractivity contribution in [1.29, 1.82) is 0 Å². The molecule has 1 aromatic rings. The Balaban J connectivity index is 2.56. The molecule has 0 heterocycles. The van der Waals surface area contributed by atoms with Crippen LogP contribution >= 0.6 is 0 Å². The van der Waals surface area contributed by atoms with Crippen molar-refractivity contribution in [1.82, 2.24) is 5.32 Å². The second-order valence-electron chi connectivity index (χ2n) is 4.42. The van der Waals surface area contributed by atoms with Crippen LogP contribution in [-0.4, -0.2) is 30.4 Å².